The van der Waals surface area contributed by atoms with Gasteiger partial charge in [0.05, 0.1) is 11.7 Å². The molecule has 0 aliphatic carbocycles. The summed E-state index contributed by atoms with van der Waals surface area (Å²) in [4.78, 5) is 12.3. The molecular formula is C16H14FIN2O. The highest BCUT2D eigenvalue weighted by molar-refractivity contribution is 14.1. The predicted molar refractivity (Wildman–Crippen MR) is 88.5 cm³/mol. The Kier molecular flexibility index (Phi) is 4.21. The lowest BCUT2D eigenvalue weighted by Gasteiger charge is -2.25. The summed E-state index contributed by atoms with van der Waals surface area (Å²) in [5, 5.41) is 6.10. The van der Waals surface area contributed by atoms with Crippen molar-refractivity contribution in [2.45, 2.75) is 19.0 Å². The molecule has 0 radical (unpaired) electrons. The summed E-state index contributed by atoms with van der Waals surface area (Å²) in [7, 11) is 0. The number of fused-ring (bicyclic) bond motifs is 1. The fourth-order valence-corrected chi connectivity index (χ4v) is 3.06. The van der Waals surface area contributed by atoms with Gasteiger partial charge in [-0.25, -0.2) is 4.39 Å². The van der Waals surface area contributed by atoms with E-state index in [-0.39, 0.29) is 17.8 Å². The molecule has 2 aromatic rings. The number of nitrogens with one attached hydrogen (secondary N) is 2. The van der Waals surface area contributed by atoms with E-state index in [2.05, 4.69) is 22.8 Å². The Morgan fingerprint density at radius 1 is 1.24 bits per heavy atom. The van der Waals surface area contributed by atoms with Gasteiger partial charge < -0.3 is 10.6 Å². The number of carbonyl (C=O) groups excluding carboxylic acids is 1. The largest absolute Gasteiger partial charge is 0.324 e. The van der Waals surface area contributed by atoms with Gasteiger partial charge in [-0.3, -0.25) is 4.79 Å². The molecule has 108 valence electrons. The smallest absolute Gasteiger partial charge is 0.241 e. The van der Waals surface area contributed by atoms with Gasteiger partial charge in [0, 0.05) is 10.1 Å². The van der Waals surface area contributed by atoms with Gasteiger partial charge in [-0.2, -0.15) is 0 Å². The van der Waals surface area contributed by atoms with Crippen LogP contribution in [-0.2, 0) is 17.8 Å². The first kappa shape index (κ1) is 14.5. The molecule has 0 aromatic heterocycles. The average Bonchev–Trinajstić information content (AvgIpc) is 2.49. The Hall–Kier alpha value is -1.47. The van der Waals surface area contributed by atoms with Crippen molar-refractivity contribution in [2.24, 2.45) is 0 Å². The van der Waals surface area contributed by atoms with Crippen molar-refractivity contribution in [3.8, 4) is 0 Å². The molecule has 1 aliphatic rings. The molecular weight excluding hydrogens is 382 g/mol. The quantitative estimate of drug-likeness (QED) is 0.767. The van der Waals surface area contributed by atoms with E-state index in [0.717, 1.165) is 0 Å². The van der Waals surface area contributed by atoms with E-state index in [1.165, 1.54) is 23.3 Å². The van der Waals surface area contributed by atoms with Crippen LogP contribution in [0.3, 0.4) is 0 Å². The van der Waals surface area contributed by atoms with Crippen molar-refractivity contribution in [2.75, 3.05) is 5.32 Å². The Morgan fingerprint density at radius 3 is 2.76 bits per heavy atom. The van der Waals surface area contributed by atoms with E-state index in [1.807, 2.05) is 34.7 Å². The molecule has 0 bridgehead atoms. The Labute approximate surface area is 136 Å². The van der Waals surface area contributed by atoms with E-state index >= 15 is 0 Å². The zero-order valence-electron chi connectivity index (χ0n) is 11.2. The zero-order valence-corrected chi connectivity index (χ0v) is 13.4. The molecule has 21 heavy (non-hydrogen) atoms. The summed E-state index contributed by atoms with van der Waals surface area (Å²) in [5.41, 5.74) is 3.07. The van der Waals surface area contributed by atoms with E-state index in [9.17, 15) is 9.18 Å². The lowest BCUT2D eigenvalue weighted by molar-refractivity contribution is -0.118. The van der Waals surface area contributed by atoms with Gasteiger partial charge >= 0.3 is 0 Å². The van der Waals surface area contributed by atoms with Gasteiger partial charge in [0.15, 0.2) is 0 Å². The maximum atomic E-state index is 13.1. The molecule has 1 amide bonds. The minimum atomic E-state index is -0.304. The van der Waals surface area contributed by atoms with Crippen molar-refractivity contribution < 1.29 is 9.18 Å². The van der Waals surface area contributed by atoms with Crippen LogP contribution in [0.4, 0.5) is 10.1 Å². The average molecular weight is 396 g/mol. The number of benzene rings is 2. The van der Waals surface area contributed by atoms with Crippen LogP contribution in [0.2, 0.25) is 0 Å². The molecule has 0 fully saturated rings. The lowest BCUT2D eigenvalue weighted by Crippen LogP contribution is -2.44. The normalized spacial score (nSPS) is 17.1. The van der Waals surface area contributed by atoms with E-state index < -0.39 is 0 Å². The van der Waals surface area contributed by atoms with Crippen LogP contribution in [0.1, 0.15) is 11.1 Å². The summed E-state index contributed by atoms with van der Waals surface area (Å²) in [6.45, 7) is 0.689. The number of amides is 1. The molecule has 0 saturated heterocycles. The summed E-state index contributed by atoms with van der Waals surface area (Å²) >= 11 is 2.02. The minimum absolute atomic E-state index is 0.0889. The second-order valence-corrected chi connectivity index (χ2v) is 6.18. The zero-order chi connectivity index (χ0) is 14.8. The number of hydrogen-bond donors (Lipinski definition) is 2. The third kappa shape index (κ3) is 3.24. The van der Waals surface area contributed by atoms with Crippen molar-refractivity contribution in [3.05, 3.63) is 63.0 Å². The highest BCUT2D eigenvalue weighted by atomic mass is 127. The van der Waals surface area contributed by atoms with E-state index in [0.29, 0.717) is 22.2 Å². The molecule has 1 atom stereocenters. The standard InChI is InChI=1S/C16H14FIN2O/c17-12-5-6-14(13(18)8-12)20-16(21)15-7-10-3-1-2-4-11(10)9-19-15/h1-6,8,15,19H,7,9H2,(H,20,21)/t15-/m0/s1. The molecule has 2 aromatic carbocycles. The van der Waals surface area contributed by atoms with Crippen LogP contribution in [0.5, 0.6) is 0 Å². The summed E-state index contributed by atoms with van der Waals surface area (Å²) < 4.78 is 13.8. The van der Waals surface area contributed by atoms with E-state index in [1.54, 1.807) is 6.07 Å². The van der Waals surface area contributed by atoms with Crippen LogP contribution in [-0.4, -0.2) is 11.9 Å². The van der Waals surface area contributed by atoms with Gasteiger partial charge in [-0.15, -0.1) is 0 Å². The molecule has 3 rings (SSSR count). The number of hydrogen-bond acceptors (Lipinski definition) is 2. The molecule has 5 heteroatoms. The van der Waals surface area contributed by atoms with E-state index in [4.69, 9.17) is 0 Å². The van der Waals surface area contributed by atoms with Crippen LogP contribution in [0, 0.1) is 9.39 Å². The fraction of sp³-hybridized carbons (Fsp3) is 0.188. The molecule has 1 heterocycles. The Bertz CT molecular complexity index is 690. The second kappa shape index (κ2) is 6.11. The van der Waals surface area contributed by atoms with Crippen LogP contribution in [0.15, 0.2) is 42.5 Å². The maximum absolute atomic E-state index is 13.1. The molecule has 2 N–H and O–H groups in total. The van der Waals surface area contributed by atoms with Gasteiger partial charge in [-0.05, 0) is 58.3 Å². The molecule has 1 aliphatic heterocycles. The molecule has 3 nitrogen and oxygen atoms in total. The second-order valence-electron chi connectivity index (χ2n) is 5.02. The maximum Gasteiger partial charge on any atom is 0.241 e. The fourth-order valence-electron chi connectivity index (χ4n) is 2.45. The SMILES string of the molecule is O=C(Nc1ccc(F)cc1I)[C@@H]1Cc2ccccc2CN1. The number of anilines is 1. The van der Waals surface area contributed by atoms with Gasteiger partial charge in [0.25, 0.3) is 0 Å². The van der Waals surface area contributed by atoms with Crippen molar-refractivity contribution >= 4 is 34.2 Å². The Morgan fingerprint density at radius 2 is 2.00 bits per heavy atom. The Balaban J connectivity index is 1.72. The first-order valence-corrected chi connectivity index (χ1v) is 7.77. The van der Waals surface area contributed by atoms with Gasteiger partial charge in [-0.1, -0.05) is 24.3 Å². The minimum Gasteiger partial charge on any atom is -0.324 e. The van der Waals surface area contributed by atoms with Crippen molar-refractivity contribution in [1.82, 2.24) is 5.32 Å². The first-order chi connectivity index (χ1) is 10.1. The molecule has 0 saturated carbocycles. The van der Waals surface area contributed by atoms with Crippen LogP contribution < -0.4 is 10.6 Å². The summed E-state index contributed by atoms with van der Waals surface area (Å²) in [6.07, 6.45) is 0.666. The highest BCUT2D eigenvalue weighted by Crippen LogP contribution is 2.21. The first-order valence-electron chi connectivity index (χ1n) is 6.69. The molecule has 0 unspecified atom stereocenters. The number of rotatable bonds is 2. The van der Waals surface area contributed by atoms with Crippen LogP contribution in [0.25, 0.3) is 0 Å². The highest BCUT2D eigenvalue weighted by Gasteiger charge is 2.24. The number of halogens is 2. The monoisotopic (exact) mass is 396 g/mol. The molecule has 0 spiro atoms. The van der Waals surface area contributed by atoms with Gasteiger partial charge in [0.2, 0.25) is 5.91 Å². The predicted octanol–water partition coefficient (Wildman–Crippen LogP) is 3.08. The topological polar surface area (TPSA) is 41.1 Å². The van der Waals surface area contributed by atoms with Crippen LogP contribution >= 0.6 is 22.6 Å². The van der Waals surface area contributed by atoms with Crippen molar-refractivity contribution in [3.63, 3.8) is 0 Å². The summed E-state index contributed by atoms with van der Waals surface area (Å²) in [6, 6.07) is 12.2. The lowest BCUT2D eigenvalue weighted by atomic mass is 9.95. The third-order valence-electron chi connectivity index (χ3n) is 3.59. The van der Waals surface area contributed by atoms with Crippen molar-refractivity contribution in [1.29, 1.82) is 0 Å². The third-order valence-corrected chi connectivity index (χ3v) is 4.48. The number of carbonyl (C=O) groups is 1. The summed E-state index contributed by atoms with van der Waals surface area (Å²) in [5.74, 6) is -0.392. The van der Waals surface area contributed by atoms with Gasteiger partial charge in [0.1, 0.15) is 5.82 Å².